The third-order valence-corrected chi connectivity index (χ3v) is 1.98. The van der Waals surface area contributed by atoms with Gasteiger partial charge in [-0.25, -0.2) is 0 Å². The molecule has 0 aromatic heterocycles. The number of ether oxygens (including phenoxy) is 2. The van der Waals surface area contributed by atoms with Gasteiger partial charge in [-0.1, -0.05) is 0 Å². The van der Waals surface area contributed by atoms with Gasteiger partial charge in [-0.2, -0.15) is 0 Å². The Morgan fingerprint density at radius 1 is 1.00 bits per heavy atom. The maximum Gasteiger partial charge on any atom is 0.0547 e. The van der Waals surface area contributed by atoms with Crippen molar-refractivity contribution in [3.05, 3.63) is 0 Å². The molecule has 0 aliphatic carbocycles. The topological polar surface area (TPSA) is 18.5 Å². The van der Waals surface area contributed by atoms with Crippen LogP contribution in [0.25, 0.3) is 0 Å². The molecule has 66 valence electrons. The molecule has 2 heterocycles. The molecule has 0 aromatic carbocycles. The molecule has 2 fully saturated rings. The summed E-state index contributed by atoms with van der Waals surface area (Å²) in [4.78, 5) is 0. The van der Waals surface area contributed by atoms with Crippen molar-refractivity contribution in [3.8, 4) is 0 Å². The van der Waals surface area contributed by atoms with Gasteiger partial charge in [-0.15, -0.1) is 0 Å². The molecule has 0 spiro atoms. The van der Waals surface area contributed by atoms with Crippen LogP contribution >= 0.6 is 0 Å². The average molecular weight is 158 g/mol. The zero-order chi connectivity index (χ0) is 7.94. The van der Waals surface area contributed by atoms with Gasteiger partial charge in [0, 0.05) is 19.8 Å². The molecule has 0 saturated carbocycles. The predicted octanol–water partition coefficient (Wildman–Crippen LogP) is 1.98. The van der Waals surface area contributed by atoms with E-state index in [1.165, 1.54) is 25.7 Å². The normalized spacial score (nSPS) is 29.7. The lowest BCUT2D eigenvalue weighted by Gasteiger charge is -1.94. The average Bonchev–Trinajstić information content (AvgIpc) is 2.57. The fourth-order valence-electron chi connectivity index (χ4n) is 1.25. The van der Waals surface area contributed by atoms with Gasteiger partial charge in [0.15, 0.2) is 0 Å². The molecule has 0 bridgehead atoms. The summed E-state index contributed by atoms with van der Waals surface area (Å²) in [5.74, 6) is 0. The molecule has 2 nitrogen and oxygen atoms in total. The zero-order valence-corrected chi connectivity index (χ0v) is 7.34. The van der Waals surface area contributed by atoms with E-state index >= 15 is 0 Å². The molecule has 0 N–H and O–H groups in total. The van der Waals surface area contributed by atoms with Crippen LogP contribution in [0.2, 0.25) is 0 Å². The lowest BCUT2D eigenvalue weighted by Crippen LogP contribution is -1.94. The van der Waals surface area contributed by atoms with Gasteiger partial charge < -0.3 is 9.47 Å². The van der Waals surface area contributed by atoms with Crippen LogP contribution in [0.5, 0.6) is 0 Å². The highest BCUT2D eigenvalue weighted by Crippen LogP contribution is 2.09. The highest BCUT2D eigenvalue weighted by molar-refractivity contribution is 4.56. The van der Waals surface area contributed by atoms with Gasteiger partial charge in [0.05, 0.1) is 6.10 Å². The Bertz CT molecular complexity index is 76.0. The molecule has 0 radical (unpaired) electrons. The van der Waals surface area contributed by atoms with E-state index < -0.39 is 0 Å². The van der Waals surface area contributed by atoms with E-state index in [0.29, 0.717) is 6.10 Å². The minimum absolute atomic E-state index is 0.546. The summed E-state index contributed by atoms with van der Waals surface area (Å²) in [6.45, 7) is 5.11. The second-order valence-corrected chi connectivity index (χ2v) is 3.14. The van der Waals surface area contributed by atoms with Crippen LogP contribution in [0.4, 0.5) is 0 Å². The summed E-state index contributed by atoms with van der Waals surface area (Å²) in [6.07, 6.45) is 5.63. The monoisotopic (exact) mass is 158 g/mol. The molecule has 2 heteroatoms. The minimum atomic E-state index is 0.546. The first-order valence-electron chi connectivity index (χ1n) is 4.59. The standard InChI is InChI=1S/C5H10O.C4H8O/c1-5-3-2-4-6-5;1-2-4-5-3-1/h5H,2-4H2,1H3;1-4H2. The van der Waals surface area contributed by atoms with E-state index in [2.05, 4.69) is 6.92 Å². The maximum atomic E-state index is 5.15. The van der Waals surface area contributed by atoms with Crippen molar-refractivity contribution in [1.29, 1.82) is 0 Å². The molecule has 1 atom stereocenters. The highest BCUT2D eigenvalue weighted by Gasteiger charge is 2.07. The largest absolute Gasteiger partial charge is 0.381 e. The molecule has 2 aliphatic rings. The molecule has 0 amide bonds. The van der Waals surface area contributed by atoms with Crippen molar-refractivity contribution in [2.45, 2.75) is 38.7 Å². The summed E-state index contributed by atoms with van der Waals surface area (Å²) < 4.78 is 10.1. The van der Waals surface area contributed by atoms with Gasteiger partial charge in [-0.3, -0.25) is 0 Å². The van der Waals surface area contributed by atoms with Crippen molar-refractivity contribution in [2.75, 3.05) is 19.8 Å². The Kier molecular flexibility index (Phi) is 4.55. The molecule has 0 aromatic rings. The van der Waals surface area contributed by atoms with E-state index in [0.717, 1.165) is 19.8 Å². The number of hydrogen-bond donors (Lipinski definition) is 0. The Hall–Kier alpha value is -0.0800. The van der Waals surface area contributed by atoms with Crippen LogP contribution in [-0.2, 0) is 9.47 Å². The Balaban J connectivity index is 0.000000112. The summed E-state index contributed by atoms with van der Waals surface area (Å²) in [6, 6.07) is 0. The minimum Gasteiger partial charge on any atom is -0.381 e. The molecule has 11 heavy (non-hydrogen) atoms. The predicted molar refractivity (Wildman–Crippen MR) is 44.7 cm³/mol. The highest BCUT2D eigenvalue weighted by atomic mass is 16.5. The van der Waals surface area contributed by atoms with E-state index in [9.17, 15) is 0 Å². The molecule has 1 unspecified atom stereocenters. The molecule has 2 aliphatic heterocycles. The Morgan fingerprint density at radius 2 is 1.73 bits per heavy atom. The first-order valence-corrected chi connectivity index (χ1v) is 4.59. The van der Waals surface area contributed by atoms with Crippen LogP contribution in [0, 0.1) is 0 Å². The molecule has 2 saturated heterocycles. The van der Waals surface area contributed by atoms with Crippen LogP contribution in [0.15, 0.2) is 0 Å². The molecular formula is C9H18O2. The van der Waals surface area contributed by atoms with Gasteiger partial charge in [0.1, 0.15) is 0 Å². The fraction of sp³-hybridized carbons (Fsp3) is 1.00. The second kappa shape index (κ2) is 5.56. The first kappa shape index (κ1) is 9.01. The first-order chi connectivity index (χ1) is 5.39. The van der Waals surface area contributed by atoms with Crippen molar-refractivity contribution in [2.24, 2.45) is 0 Å². The summed E-state index contributed by atoms with van der Waals surface area (Å²) in [7, 11) is 0. The second-order valence-electron chi connectivity index (χ2n) is 3.14. The maximum absolute atomic E-state index is 5.15. The third-order valence-electron chi connectivity index (χ3n) is 1.98. The van der Waals surface area contributed by atoms with Gasteiger partial charge in [-0.05, 0) is 32.6 Å². The van der Waals surface area contributed by atoms with Crippen molar-refractivity contribution < 1.29 is 9.47 Å². The summed E-state index contributed by atoms with van der Waals surface area (Å²) in [5, 5.41) is 0. The smallest absolute Gasteiger partial charge is 0.0547 e. The van der Waals surface area contributed by atoms with Crippen molar-refractivity contribution in [3.63, 3.8) is 0 Å². The quantitative estimate of drug-likeness (QED) is 0.536. The van der Waals surface area contributed by atoms with E-state index in [1.54, 1.807) is 0 Å². The van der Waals surface area contributed by atoms with Crippen molar-refractivity contribution in [1.82, 2.24) is 0 Å². The van der Waals surface area contributed by atoms with Crippen LogP contribution in [-0.4, -0.2) is 25.9 Å². The van der Waals surface area contributed by atoms with E-state index in [1.807, 2.05) is 0 Å². The Morgan fingerprint density at radius 3 is 1.91 bits per heavy atom. The van der Waals surface area contributed by atoms with Crippen LogP contribution in [0.1, 0.15) is 32.6 Å². The summed E-state index contributed by atoms with van der Waals surface area (Å²) in [5.41, 5.74) is 0. The number of rotatable bonds is 0. The van der Waals surface area contributed by atoms with Gasteiger partial charge >= 0.3 is 0 Å². The summed E-state index contributed by atoms with van der Waals surface area (Å²) >= 11 is 0. The van der Waals surface area contributed by atoms with Crippen molar-refractivity contribution >= 4 is 0 Å². The van der Waals surface area contributed by atoms with Gasteiger partial charge in [0.2, 0.25) is 0 Å². The third kappa shape index (κ3) is 4.38. The van der Waals surface area contributed by atoms with Crippen LogP contribution in [0.3, 0.4) is 0 Å². The molecule has 2 rings (SSSR count). The molecular weight excluding hydrogens is 140 g/mol. The fourth-order valence-corrected chi connectivity index (χ4v) is 1.25. The Labute approximate surface area is 68.9 Å². The zero-order valence-electron chi connectivity index (χ0n) is 7.34. The SMILES string of the molecule is C1CCOC1.CC1CCCO1. The van der Waals surface area contributed by atoms with E-state index in [-0.39, 0.29) is 0 Å². The lowest BCUT2D eigenvalue weighted by atomic mass is 10.3. The van der Waals surface area contributed by atoms with Gasteiger partial charge in [0.25, 0.3) is 0 Å². The van der Waals surface area contributed by atoms with E-state index in [4.69, 9.17) is 9.47 Å². The lowest BCUT2D eigenvalue weighted by molar-refractivity contribution is 0.125. The van der Waals surface area contributed by atoms with Crippen LogP contribution < -0.4 is 0 Å². The number of hydrogen-bond acceptors (Lipinski definition) is 2.